The molecule has 0 spiro atoms. The number of nitrogens with zero attached hydrogens (tertiary/aromatic N) is 3. The first-order valence-electron chi connectivity index (χ1n) is 5.68. The van der Waals surface area contributed by atoms with Crippen molar-refractivity contribution in [3.8, 4) is 6.07 Å². The second-order valence-electron chi connectivity index (χ2n) is 4.29. The van der Waals surface area contributed by atoms with Crippen LogP contribution in [0.25, 0.3) is 0 Å². The molecule has 5 nitrogen and oxygen atoms in total. The maximum absolute atomic E-state index is 10.6. The maximum Gasteiger partial charge on any atom is 0.270 e. The van der Waals surface area contributed by atoms with E-state index < -0.39 is 4.92 Å². The molecule has 94 valence electrons. The lowest BCUT2D eigenvalue weighted by Crippen LogP contribution is -2.27. The zero-order chi connectivity index (χ0) is 13.1. The topological polar surface area (TPSA) is 70.2 Å². The Labute approximate surface area is 113 Å². The minimum absolute atomic E-state index is 0.0351. The normalized spacial score (nSPS) is 19.7. The predicted octanol–water partition coefficient (Wildman–Crippen LogP) is 2.85. The minimum Gasteiger partial charge on any atom is -0.284 e. The van der Waals surface area contributed by atoms with Crippen molar-refractivity contribution >= 4 is 21.6 Å². The number of rotatable bonds is 3. The molecule has 0 radical (unpaired) electrons. The Morgan fingerprint density at radius 2 is 2.39 bits per heavy atom. The number of benzene rings is 1. The molecule has 0 aliphatic carbocycles. The second kappa shape index (κ2) is 5.46. The van der Waals surface area contributed by atoms with Crippen LogP contribution in [0.15, 0.2) is 22.7 Å². The summed E-state index contributed by atoms with van der Waals surface area (Å²) in [7, 11) is 0. The minimum atomic E-state index is -0.414. The molecule has 18 heavy (non-hydrogen) atoms. The molecule has 1 aliphatic rings. The van der Waals surface area contributed by atoms with Gasteiger partial charge in [0.25, 0.3) is 5.69 Å². The number of hydrogen-bond acceptors (Lipinski definition) is 4. The highest BCUT2D eigenvalue weighted by molar-refractivity contribution is 9.10. The van der Waals surface area contributed by atoms with Crippen LogP contribution < -0.4 is 0 Å². The van der Waals surface area contributed by atoms with Gasteiger partial charge >= 0.3 is 0 Å². The Hall–Kier alpha value is -1.45. The predicted molar refractivity (Wildman–Crippen MR) is 69.8 cm³/mol. The van der Waals surface area contributed by atoms with Gasteiger partial charge in [-0.05, 0) is 31.0 Å². The average molecular weight is 310 g/mol. The fourth-order valence-corrected chi connectivity index (χ4v) is 2.65. The van der Waals surface area contributed by atoms with Crippen molar-refractivity contribution in [1.29, 1.82) is 5.26 Å². The molecule has 1 aromatic rings. The van der Waals surface area contributed by atoms with E-state index >= 15 is 0 Å². The summed E-state index contributed by atoms with van der Waals surface area (Å²) < 4.78 is 0.722. The van der Waals surface area contributed by atoms with Crippen LogP contribution in [0.5, 0.6) is 0 Å². The van der Waals surface area contributed by atoms with Gasteiger partial charge in [-0.2, -0.15) is 5.26 Å². The van der Waals surface area contributed by atoms with E-state index in [9.17, 15) is 10.1 Å². The van der Waals surface area contributed by atoms with Gasteiger partial charge in [0.2, 0.25) is 0 Å². The first-order chi connectivity index (χ1) is 8.61. The van der Waals surface area contributed by atoms with E-state index in [0.29, 0.717) is 6.54 Å². The third kappa shape index (κ3) is 2.68. The summed E-state index contributed by atoms with van der Waals surface area (Å²) in [4.78, 5) is 12.3. The molecular weight excluding hydrogens is 298 g/mol. The molecule has 1 aliphatic heterocycles. The summed E-state index contributed by atoms with van der Waals surface area (Å²) in [5.74, 6) is 0. The lowest BCUT2D eigenvalue weighted by Gasteiger charge is -2.19. The van der Waals surface area contributed by atoms with E-state index in [1.807, 2.05) is 0 Å². The molecule has 1 atom stereocenters. The Kier molecular flexibility index (Phi) is 3.94. The SMILES string of the molecule is N#CC1CCCN1Cc1ccc([N+](=O)[O-])cc1Br. The van der Waals surface area contributed by atoms with Crippen LogP contribution in [0.2, 0.25) is 0 Å². The van der Waals surface area contributed by atoms with E-state index in [4.69, 9.17) is 5.26 Å². The third-order valence-corrected chi connectivity index (χ3v) is 3.87. The van der Waals surface area contributed by atoms with E-state index in [1.54, 1.807) is 6.07 Å². The monoisotopic (exact) mass is 309 g/mol. The van der Waals surface area contributed by atoms with Gasteiger partial charge in [0.15, 0.2) is 0 Å². The number of hydrogen-bond donors (Lipinski definition) is 0. The molecule has 1 unspecified atom stereocenters. The lowest BCUT2D eigenvalue weighted by atomic mass is 10.2. The van der Waals surface area contributed by atoms with E-state index in [0.717, 1.165) is 29.4 Å². The fraction of sp³-hybridized carbons (Fsp3) is 0.417. The Morgan fingerprint density at radius 1 is 1.61 bits per heavy atom. The van der Waals surface area contributed by atoms with Gasteiger partial charge < -0.3 is 0 Å². The molecule has 2 rings (SSSR count). The molecule has 0 bridgehead atoms. The number of nitro benzene ring substituents is 1. The van der Waals surface area contributed by atoms with Gasteiger partial charge in [-0.25, -0.2) is 0 Å². The van der Waals surface area contributed by atoms with Crippen molar-refractivity contribution in [2.45, 2.75) is 25.4 Å². The first kappa shape index (κ1) is 13.0. The van der Waals surface area contributed by atoms with Gasteiger partial charge in [0, 0.05) is 23.2 Å². The average Bonchev–Trinajstić information content (AvgIpc) is 2.78. The van der Waals surface area contributed by atoms with Crippen molar-refractivity contribution in [1.82, 2.24) is 4.90 Å². The molecule has 0 N–H and O–H groups in total. The number of non-ortho nitro benzene ring substituents is 1. The summed E-state index contributed by atoms with van der Waals surface area (Å²) in [6.45, 7) is 1.55. The third-order valence-electron chi connectivity index (χ3n) is 3.13. The first-order valence-corrected chi connectivity index (χ1v) is 6.47. The summed E-state index contributed by atoms with van der Waals surface area (Å²) in [6.07, 6.45) is 1.93. The van der Waals surface area contributed by atoms with Crippen molar-refractivity contribution < 1.29 is 4.92 Å². The highest BCUT2D eigenvalue weighted by Gasteiger charge is 2.24. The molecule has 0 saturated carbocycles. The fourth-order valence-electron chi connectivity index (χ4n) is 2.16. The summed E-state index contributed by atoms with van der Waals surface area (Å²) in [5.41, 5.74) is 1.05. The van der Waals surface area contributed by atoms with E-state index in [1.165, 1.54) is 12.1 Å². The molecule has 6 heteroatoms. The highest BCUT2D eigenvalue weighted by Crippen LogP contribution is 2.26. The molecule has 1 fully saturated rings. The molecule has 0 aromatic heterocycles. The Morgan fingerprint density at radius 3 is 3.00 bits per heavy atom. The molecule has 1 heterocycles. The van der Waals surface area contributed by atoms with Gasteiger partial charge in [-0.15, -0.1) is 0 Å². The molecule has 1 aromatic carbocycles. The van der Waals surface area contributed by atoms with Crippen LogP contribution in [-0.2, 0) is 6.54 Å². The van der Waals surface area contributed by atoms with Crippen LogP contribution >= 0.6 is 15.9 Å². The molecule has 0 amide bonds. The van der Waals surface area contributed by atoms with Gasteiger partial charge in [0.1, 0.15) is 0 Å². The van der Waals surface area contributed by atoms with Crippen molar-refractivity contribution in [2.75, 3.05) is 6.54 Å². The number of nitriles is 1. The zero-order valence-electron chi connectivity index (χ0n) is 9.67. The van der Waals surface area contributed by atoms with Crippen LogP contribution in [0.1, 0.15) is 18.4 Å². The van der Waals surface area contributed by atoms with Crippen molar-refractivity contribution in [2.24, 2.45) is 0 Å². The number of likely N-dealkylation sites (tertiary alicyclic amines) is 1. The largest absolute Gasteiger partial charge is 0.284 e. The lowest BCUT2D eigenvalue weighted by molar-refractivity contribution is -0.384. The summed E-state index contributed by atoms with van der Waals surface area (Å²) >= 11 is 3.35. The van der Waals surface area contributed by atoms with Gasteiger partial charge in [0.05, 0.1) is 17.0 Å². The smallest absolute Gasteiger partial charge is 0.270 e. The van der Waals surface area contributed by atoms with E-state index in [-0.39, 0.29) is 11.7 Å². The quantitative estimate of drug-likeness (QED) is 0.636. The number of halogens is 1. The summed E-state index contributed by atoms with van der Waals surface area (Å²) in [5, 5.41) is 19.6. The van der Waals surface area contributed by atoms with Crippen LogP contribution in [0.4, 0.5) is 5.69 Å². The van der Waals surface area contributed by atoms with Crippen molar-refractivity contribution in [3.63, 3.8) is 0 Å². The van der Waals surface area contributed by atoms with Crippen LogP contribution in [0, 0.1) is 21.4 Å². The number of nitro groups is 1. The zero-order valence-corrected chi connectivity index (χ0v) is 11.3. The standard InChI is InChI=1S/C12H12BrN3O2/c13-12-6-10(16(17)18)4-3-9(12)8-15-5-1-2-11(15)7-14/h3-4,6,11H,1-2,5,8H2. The maximum atomic E-state index is 10.6. The highest BCUT2D eigenvalue weighted by atomic mass is 79.9. The molecule has 1 saturated heterocycles. The van der Waals surface area contributed by atoms with Crippen LogP contribution in [0.3, 0.4) is 0 Å². The van der Waals surface area contributed by atoms with E-state index in [2.05, 4.69) is 26.9 Å². The van der Waals surface area contributed by atoms with Crippen LogP contribution in [-0.4, -0.2) is 22.4 Å². The summed E-state index contributed by atoms with van der Waals surface area (Å²) in [6, 6.07) is 7.00. The Balaban J connectivity index is 2.15. The van der Waals surface area contributed by atoms with Gasteiger partial charge in [-0.1, -0.05) is 15.9 Å². The van der Waals surface area contributed by atoms with Crippen molar-refractivity contribution in [3.05, 3.63) is 38.3 Å². The molecular formula is C12H12BrN3O2. The second-order valence-corrected chi connectivity index (χ2v) is 5.14. The Bertz CT molecular complexity index is 513. The van der Waals surface area contributed by atoms with Gasteiger partial charge in [-0.3, -0.25) is 15.0 Å².